The molecule has 148 valence electrons. The number of benzene rings is 1. The summed E-state index contributed by atoms with van der Waals surface area (Å²) in [7, 11) is 0. The van der Waals surface area contributed by atoms with E-state index in [-0.39, 0.29) is 5.91 Å². The quantitative estimate of drug-likeness (QED) is 0.318. The van der Waals surface area contributed by atoms with Crippen molar-refractivity contribution in [3.05, 3.63) is 35.5 Å². The number of fused-ring (bicyclic) bond motifs is 1. The largest absolute Gasteiger partial charge is 0.470 e. The Morgan fingerprint density at radius 1 is 1.46 bits per heavy atom. The van der Waals surface area contributed by atoms with Crippen LogP contribution in [0, 0.1) is 19.3 Å². The number of nitrogens with one attached hydrogen (secondary N) is 1. The zero-order valence-electron chi connectivity index (χ0n) is 16.8. The van der Waals surface area contributed by atoms with Crippen LogP contribution in [0.5, 0.6) is 5.75 Å². The Labute approximate surface area is 170 Å². The van der Waals surface area contributed by atoms with Crippen molar-refractivity contribution in [2.75, 3.05) is 12.9 Å². The van der Waals surface area contributed by atoms with Crippen molar-refractivity contribution in [2.45, 2.75) is 38.7 Å². The molecule has 7 heteroatoms. The monoisotopic (exact) mass is 399 g/mol. The number of terminal acetylenes is 1. The molecule has 0 bridgehead atoms. The van der Waals surface area contributed by atoms with Gasteiger partial charge in [0.05, 0.1) is 17.3 Å². The van der Waals surface area contributed by atoms with Crippen LogP contribution in [0.1, 0.15) is 31.9 Å². The van der Waals surface area contributed by atoms with E-state index in [2.05, 4.69) is 21.4 Å². The normalized spacial score (nSPS) is 12.6. The Morgan fingerprint density at radius 3 is 2.86 bits per heavy atom. The Balaban J connectivity index is 2.19. The van der Waals surface area contributed by atoms with Gasteiger partial charge in [0.2, 0.25) is 5.44 Å². The van der Waals surface area contributed by atoms with Crippen molar-refractivity contribution in [1.29, 1.82) is 0 Å². The summed E-state index contributed by atoms with van der Waals surface area (Å²) < 4.78 is 5.96. The third kappa shape index (κ3) is 5.64. The molecule has 2 rings (SSSR count). The highest BCUT2D eigenvalue weighted by Crippen LogP contribution is 2.26. The minimum absolute atomic E-state index is 0.256. The van der Waals surface area contributed by atoms with Crippen LogP contribution in [0.4, 0.5) is 0 Å². The van der Waals surface area contributed by atoms with Gasteiger partial charge >= 0.3 is 0 Å². The van der Waals surface area contributed by atoms with E-state index in [4.69, 9.17) is 16.0 Å². The molecule has 1 atom stereocenters. The lowest BCUT2D eigenvalue weighted by atomic mass is 10.1. The summed E-state index contributed by atoms with van der Waals surface area (Å²) in [5, 5.41) is 7.61. The predicted octanol–water partition coefficient (Wildman–Crippen LogP) is 3.51. The fraction of sp³-hybridized carbons (Fsp3) is 0.381. The van der Waals surface area contributed by atoms with E-state index in [0.717, 1.165) is 16.5 Å². The maximum Gasteiger partial charge on any atom is 0.272 e. The summed E-state index contributed by atoms with van der Waals surface area (Å²) in [5.74, 6) is 2.90. The molecule has 6 nitrogen and oxygen atoms in total. The van der Waals surface area contributed by atoms with Gasteiger partial charge in [-0.1, -0.05) is 11.1 Å². The van der Waals surface area contributed by atoms with Gasteiger partial charge in [0, 0.05) is 17.1 Å². The number of amides is 1. The first-order valence-corrected chi connectivity index (χ1v) is 10.1. The molecule has 0 fully saturated rings. The van der Waals surface area contributed by atoms with Crippen LogP contribution in [0.15, 0.2) is 29.6 Å². The van der Waals surface area contributed by atoms with Crippen LogP contribution in [0.2, 0.25) is 0 Å². The number of hydrogen-bond acceptors (Lipinski definition) is 6. The maximum absolute atomic E-state index is 12.7. The second-order valence-corrected chi connectivity index (χ2v) is 7.63. The van der Waals surface area contributed by atoms with E-state index in [9.17, 15) is 4.79 Å². The summed E-state index contributed by atoms with van der Waals surface area (Å²) >= 11 is 1.30. The number of carbonyl (C=O) groups excluding carboxylic acids is 1. The number of aryl methyl sites for hydroxylation is 1. The molecule has 1 N–H and O–H groups in total. The van der Waals surface area contributed by atoms with Crippen LogP contribution < -0.4 is 10.1 Å². The third-order valence-electron chi connectivity index (χ3n) is 3.81. The fourth-order valence-electron chi connectivity index (χ4n) is 2.53. The minimum atomic E-state index is -0.722. The topological polar surface area (TPSA) is 72.8 Å². The minimum Gasteiger partial charge on any atom is -0.470 e. The fourth-order valence-corrected chi connectivity index (χ4v) is 3.01. The van der Waals surface area contributed by atoms with Crippen LogP contribution in [-0.4, -0.2) is 40.9 Å². The number of hydrogen-bond donors (Lipinski definition) is 1. The highest BCUT2D eigenvalue weighted by Gasteiger charge is 2.26. The van der Waals surface area contributed by atoms with E-state index in [1.807, 2.05) is 52.1 Å². The maximum atomic E-state index is 12.7. The molecule has 1 amide bonds. The zero-order valence-corrected chi connectivity index (χ0v) is 17.6. The second-order valence-electron chi connectivity index (χ2n) is 6.73. The smallest absolute Gasteiger partial charge is 0.272 e. The van der Waals surface area contributed by atoms with Crippen LogP contribution in [-0.2, 0) is 9.63 Å². The number of nitrogens with zero attached hydrogens (tertiary/aromatic N) is 2. The van der Waals surface area contributed by atoms with E-state index in [1.54, 1.807) is 12.4 Å². The molecule has 0 saturated heterocycles. The number of thioether (sulfide) groups is 1. The van der Waals surface area contributed by atoms with Gasteiger partial charge in [0.15, 0.2) is 0 Å². The average Bonchev–Trinajstić information content (AvgIpc) is 2.65. The van der Waals surface area contributed by atoms with Gasteiger partial charge in [-0.15, -0.1) is 18.2 Å². The van der Waals surface area contributed by atoms with Crippen molar-refractivity contribution in [3.63, 3.8) is 0 Å². The van der Waals surface area contributed by atoms with Gasteiger partial charge in [-0.05, 0) is 57.7 Å². The number of rotatable bonds is 8. The summed E-state index contributed by atoms with van der Waals surface area (Å²) in [4.78, 5) is 22.0. The predicted molar refractivity (Wildman–Crippen MR) is 115 cm³/mol. The van der Waals surface area contributed by atoms with Crippen molar-refractivity contribution in [1.82, 2.24) is 10.3 Å². The van der Waals surface area contributed by atoms with Gasteiger partial charge < -0.3 is 14.9 Å². The van der Waals surface area contributed by atoms with E-state index in [1.165, 1.54) is 11.8 Å². The molecule has 1 aromatic heterocycles. The molecule has 0 radical (unpaired) electrons. The van der Waals surface area contributed by atoms with E-state index >= 15 is 0 Å². The van der Waals surface area contributed by atoms with Crippen LogP contribution >= 0.6 is 11.8 Å². The van der Waals surface area contributed by atoms with Gasteiger partial charge in [-0.25, -0.2) is 0 Å². The molecule has 0 aliphatic heterocycles. The number of aromatic nitrogens is 1. The number of carbonyl (C=O) groups is 1. The lowest BCUT2D eigenvalue weighted by molar-refractivity contribution is -0.125. The highest BCUT2D eigenvalue weighted by atomic mass is 32.2. The van der Waals surface area contributed by atoms with Crippen molar-refractivity contribution in [3.8, 4) is 18.1 Å². The Kier molecular flexibility index (Phi) is 7.30. The van der Waals surface area contributed by atoms with Gasteiger partial charge in [0.25, 0.3) is 5.91 Å². The highest BCUT2D eigenvalue weighted by molar-refractivity contribution is 7.99. The van der Waals surface area contributed by atoms with Crippen molar-refractivity contribution in [2.24, 2.45) is 5.16 Å². The van der Waals surface area contributed by atoms with Gasteiger partial charge in [-0.2, -0.15) is 0 Å². The van der Waals surface area contributed by atoms with Gasteiger partial charge in [0.1, 0.15) is 12.4 Å². The molecule has 28 heavy (non-hydrogen) atoms. The molecular formula is C21H25N3O3S. The standard InChI is InChI=1S/C21H25N3O3S/c1-7-15-10-16-11-17(9-14(3)18(16)22-12-15)27-20(28-6)19(25)24-21(4,5)13-23-26-8-2/h1,9-13,20H,8H2,2-6H3,(H,24,25). The lowest BCUT2D eigenvalue weighted by Crippen LogP contribution is -2.49. The Bertz CT molecular complexity index is 919. The molecule has 1 unspecified atom stereocenters. The molecule has 1 heterocycles. The summed E-state index contributed by atoms with van der Waals surface area (Å²) in [5.41, 5.74) is 1.10. The van der Waals surface area contributed by atoms with Gasteiger partial charge in [-0.3, -0.25) is 9.78 Å². The molecule has 0 aliphatic rings. The summed E-state index contributed by atoms with van der Waals surface area (Å²) in [6.07, 6.45) is 10.5. The SMILES string of the molecule is C#Cc1cnc2c(C)cc(OC(SC)C(=O)NC(C)(C)C=NOCC)cc2c1. The molecule has 0 spiro atoms. The number of oxime groups is 1. The number of pyridine rings is 1. The molecule has 2 aromatic rings. The number of ether oxygens (including phenoxy) is 1. The average molecular weight is 400 g/mol. The molecular weight excluding hydrogens is 374 g/mol. The zero-order chi connectivity index (χ0) is 20.7. The first-order valence-electron chi connectivity index (χ1n) is 8.84. The van der Waals surface area contributed by atoms with Crippen molar-refractivity contribution < 1.29 is 14.4 Å². The van der Waals surface area contributed by atoms with E-state index in [0.29, 0.717) is 17.9 Å². The lowest BCUT2D eigenvalue weighted by Gasteiger charge is -2.24. The van der Waals surface area contributed by atoms with Crippen LogP contribution in [0.25, 0.3) is 10.9 Å². The molecule has 1 aromatic carbocycles. The molecule has 0 aliphatic carbocycles. The Hall–Kier alpha value is -2.72. The summed E-state index contributed by atoms with van der Waals surface area (Å²) in [6, 6.07) is 5.58. The Morgan fingerprint density at radius 2 is 2.21 bits per heavy atom. The van der Waals surface area contributed by atoms with Crippen LogP contribution in [0.3, 0.4) is 0 Å². The summed E-state index contributed by atoms with van der Waals surface area (Å²) in [6.45, 7) is 7.91. The second kappa shape index (κ2) is 9.47. The van der Waals surface area contributed by atoms with E-state index < -0.39 is 11.0 Å². The first kappa shape index (κ1) is 21.6. The third-order valence-corrected chi connectivity index (χ3v) is 4.55. The van der Waals surface area contributed by atoms with Crippen molar-refractivity contribution >= 4 is 34.8 Å². The molecule has 0 saturated carbocycles. The first-order chi connectivity index (χ1) is 13.3.